The molecule has 0 aromatic carbocycles. The normalized spacial score (nSPS) is 12.5. The molecule has 0 rings (SSSR count). The fourth-order valence-electron chi connectivity index (χ4n) is 0.859. The van der Waals surface area contributed by atoms with Gasteiger partial charge in [0.25, 0.3) is 0 Å². The van der Waals surface area contributed by atoms with Crippen LogP contribution < -0.4 is 0 Å². The van der Waals surface area contributed by atoms with Crippen molar-refractivity contribution in [2.24, 2.45) is 0 Å². The summed E-state index contributed by atoms with van der Waals surface area (Å²) in [6.07, 6.45) is 0.698. The molecule has 3 nitrogen and oxygen atoms in total. The Balaban J connectivity index is 4.32. The van der Waals surface area contributed by atoms with Gasteiger partial charge in [-0.2, -0.15) is 0 Å². The predicted molar refractivity (Wildman–Crippen MR) is 36.4 cm³/mol. The van der Waals surface area contributed by atoms with Gasteiger partial charge in [-0.25, -0.2) is 0 Å². The summed E-state index contributed by atoms with van der Waals surface area (Å²) in [6.45, 7) is 3.30. The zero-order chi connectivity index (χ0) is 8.91. The minimum atomic E-state index is -4.12. The molecule has 11 heavy (non-hydrogen) atoms. The highest BCUT2D eigenvalue weighted by Crippen LogP contribution is 2.55. The van der Waals surface area contributed by atoms with Crippen LogP contribution in [0.15, 0.2) is 0 Å². The molecule has 0 aliphatic rings. The zero-order valence-corrected chi connectivity index (χ0v) is 7.31. The van der Waals surface area contributed by atoms with E-state index in [1.54, 1.807) is 13.8 Å². The minimum absolute atomic E-state index is 0.349. The molecular formula is C5H11F2O3P. The van der Waals surface area contributed by atoms with Gasteiger partial charge in [0.1, 0.15) is 0 Å². The summed E-state index contributed by atoms with van der Waals surface area (Å²) >= 11 is 0. The molecule has 0 N–H and O–H groups in total. The van der Waals surface area contributed by atoms with Crippen LogP contribution in [0.1, 0.15) is 26.7 Å². The first-order valence-corrected chi connectivity index (χ1v) is 4.96. The van der Waals surface area contributed by atoms with Gasteiger partial charge in [0.15, 0.2) is 0 Å². The van der Waals surface area contributed by atoms with Gasteiger partial charge < -0.3 is 0 Å². The Labute approximate surface area is 64.0 Å². The maximum Gasteiger partial charge on any atom is 0.397 e. The third-order valence-electron chi connectivity index (χ3n) is 1.58. The molecule has 0 aromatic rings. The molecule has 0 fully saturated rings. The van der Waals surface area contributed by atoms with Crippen LogP contribution in [0.2, 0.25) is 0 Å². The largest absolute Gasteiger partial charge is 0.397 e. The molecule has 0 radical (unpaired) electrons. The lowest BCUT2D eigenvalue weighted by Crippen LogP contribution is -2.06. The van der Waals surface area contributed by atoms with Gasteiger partial charge in [-0.15, -0.1) is 9.46 Å². The van der Waals surface area contributed by atoms with Gasteiger partial charge in [-0.05, 0) is 21.9 Å². The molecule has 0 aromatic heterocycles. The van der Waals surface area contributed by atoms with Crippen molar-refractivity contribution >= 4 is 7.60 Å². The van der Waals surface area contributed by atoms with E-state index in [0.29, 0.717) is 12.8 Å². The van der Waals surface area contributed by atoms with Crippen LogP contribution in [0.4, 0.5) is 9.05 Å². The standard InChI is InChI=1S/C5H11F2O3P/c1-3-5(4-2)11(8,9-6)10-7/h5H,3-4H2,1-2H3. The zero-order valence-electron chi connectivity index (χ0n) is 6.42. The van der Waals surface area contributed by atoms with Gasteiger partial charge in [-0.1, -0.05) is 13.8 Å². The molecule has 0 amide bonds. The second-order valence-electron chi connectivity index (χ2n) is 2.15. The van der Waals surface area contributed by atoms with E-state index < -0.39 is 13.3 Å². The molecule has 0 atom stereocenters. The lowest BCUT2D eigenvalue weighted by molar-refractivity contribution is -0.0906. The van der Waals surface area contributed by atoms with E-state index >= 15 is 0 Å². The molecule has 0 bridgehead atoms. The van der Waals surface area contributed by atoms with Crippen LogP contribution in [0.5, 0.6) is 0 Å². The fourth-order valence-corrected chi connectivity index (χ4v) is 2.00. The van der Waals surface area contributed by atoms with Gasteiger partial charge in [0.05, 0.1) is 5.66 Å². The average Bonchev–Trinajstić information content (AvgIpc) is 2.06. The maximum absolute atomic E-state index is 11.5. The highest BCUT2D eigenvalue weighted by Gasteiger charge is 2.36. The Morgan fingerprint density at radius 3 is 1.73 bits per heavy atom. The van der Waals surface area contributed by atoms with Crippen molar-refractivity contribution in [3.05, 3.63) is 0 Å². The first-order valence-electron chi connectivity index (χ1n) is 3.35. The average molecular weight is 188 g/mol. The molecule has 0 saturated carbocycles. The van der Waals surface area contributed by atoms with Crippen molar-refractivity contribution < 1.29 is 23.1 Å². The van der Waals surface area contributed by atoms with Crippen molar-refractivity contribution in [1.82, 2.24) is 0 Å². The van der Waals surface area contributed by atoms with E-state index in [0.717, 1.165) is 0 Å². The van der Waals surface area contributed by atoms with E-state index in [1.807, 2.05) is 0 Å². The number of rotatable bonds is 5. The molecule has 6 heteroatoms. The Hall–Kier alpha value is 0.01000. The second kappa shape index (κ2) is 4.80. The van der Waals surface area contributed by atoms with Crippen LogP contribution in [-0.4, -0.2) is 5.66 Å². The number of hydrogen-bond acceptors (Lipinski definition) is 3. The minimum Gasteiger partial charge on any atom is -0.254 e. The molecular weight excluding hydrogens is 177 g/mol. The van der Waals surface area contributed by atoms with E-state index in [2.05, 4.69) is 9.46 Å². The predicted octanol–water partition coefficient (Wildman–Crippen LogP) is 3.17. The van der Waals surface area contributed by atoms with Gasteiger partial charge in [0.2, 0.25) is 0 Å². The van der Waals surface area contributed by atoms with E-state index in [-0.39, 0.29) is 0 Å². The summed E-state index contributed by atoms with van der Waals surface area (Å²) in [5.74, 6) is 0. The third kappa shape index (κ3) is 2.51. The summed E-state index contributed by atoms with van der Waals surface area (Å²) in [4.78, 5) is 0. The Morgan fingerprint density at radius 2 is 1.64 bits per heavy atom. The first-order chi connectivity index (χ1) is 5.14. The summed E-state index contributed by atoms with van der Waals surface area (Å²) in [7, 11) is -4.12. The third-order valence-corrected chi connectivity index (χ3v) is 3.59. The number of hydrogen-bond donors (Lipinski definition) is 0. The molecule has 0 aliphatic carbocycles. The maximum atomic E-state index is 11.5. The molecule has 0 heterocycles. The molecule has 0 unspecified atom stereocenters. The van der Waals surface area contributed by atoms with E-state index in [4.69, 9.17) is 0 Å². The van der Waals surface area contributed by atoms with Crippen molar-refractivity contribution in [2.45, 2.75) is 32.3 Å². The molecule has 0 saturated heterocycles. The Kier molecular flexibility index (Phi) is 4.81. The lowest BCUT2D eigenvalue weighted by Gasteiger charge is -2.15. The topological polar surface area (TPSA) is 35.5 Å². The highest BCUT2D eigenvalue weighted by molar-refractivity contribution is 7.54. The second-order valence-corrected chi connectivity index (χ2v) is 4.23. The molecule has 68 valence electrons. The van der Waals surface area contributed by atoms with Crippen molar-refractivity contribution in [3.63, 3.8) is 0 Å². The van der Waals surface area contributed by atoms with Crippen molar-refractivity contribution in [1.29, 1.82) is 0 Å². The van der Waals surface area contributed by atoms with Gasteiger partial charge in [0, 0.05) is 0 Å². The Morgan fingerprint density at radius 1 is 1.27 bits per heavy atom. The smallest absolute Gasteiger partial charge is 0.254 e. The van der Waals surface area contributed by atoms with Gasteiger partial charge in [-0.3, -0.25) is 4.57 Å². The van der Waals surface area contributed by atoms with E-state index in [1.165, 1.54) is 0 Å². The monoisotopic (exact) mass is 188 g/mol. The van der Waals surface area contributed by atoms with Crippen molar-refractivity contribution in [2.75, 3.05) is 0 Å². The summed E-state index contributed by atoms with van der Waals surface area (Å²) in [5, 5.41) is 0. The fraction of sp³-hybridized carbons (Fsp3) is 1.00. The summed E-state index contributed by atoms with van der Waals surface area (Å²) < 4.78 is 40.0. The van der Waals surface area contributed by atoms with Crippen LogP contribution in [0, 0.1) is 0 Å². The summed E-state index contributed by atoms with van der Waals surface area (Å²) in [5.41, 5.74) is -0.711. The molecule has 0 aliphatic heterocycles. The highest BCUT2D eigenvalue weighted by atomic mass is 31.2. The lowest BCUT2D eigenvalue weighted by atomic mass is 10.3. The van der Waals surface area contributed by atoms with Crippen LogP contribution in [-0.2, 0) is 14.0 Å². The van der Waals surface area contributed by atoms with Crippen LogP contribution in [0.25, 0.3) is 0 Å². The van der Waals surface area contributed by atoms with Crippen LogP contribution in [0.3, 0.4) is 0 Å². The molecule has 0 spiro atoms. The van der Waals surface area contributed by atoms with Crippen LogP contribution >= 0.6 is 7.60 Å². The SMILES string of the molecule is CCC(CC)P(=O)(OF)OF. The Bertz CT molecular complexity index is 141. The first kappa shape index (κ1) is 11.0. The number of halogens is 2. The van der Waals surface area contributed by atoms with E-state index in [9.17, 15) is 13.6 Å². The van der Waals surface area contributed by atoms with Crippen molar-refractivity contribution in [3.8, 4) is 0 Å². The summed E-state index contributed by atoms with van der Waals surface area (Å²) in [6, 6.07) is 0. The quantitative estimate of drug-likeness (QED) is 0.621. The van der Waals surface area contributed by atoms with Gasteiger partial charge >= 0.3 is 7.60 Å².